The average molecular weight is 755 g/mol. The summed E-state index contributed by atoms with van der Waals surface area (Å²) in [6, 6.07) is 23.6. The quantitative estimate of drug-likeness (QED) is 0.0888. The van der Waals surface area contributed by atoms with Gasteiger partial charge in [-0.1, -0.05) is 80.6 Å². The van der Waals surface area contributed by atoms with Crippen LogP contribution in [0.2, 0.25) is 0 Å². The number of ether oxygens (including phenoxy) is 1. The van der Waals surface area contributed by atoms with Gasteiger partial charge in [0.1, 0.15) is 17.7 Å². The number of aromatic nitrogens is 4. The molecular formula is C44H50N8O4. The number of methoxy groups -OCH3 is 1. The van der Waals surface area contributed by atoms with E-state index in [1.54, 1.807) is 0 Å². The SMILES string of the molecule is COC(=O)N[C@H](C(=O)N1CCC[C@H]1c1ncc(-c2ccc(-c3ccc(-c4cnc(C5C6CCC(C6)C5C(=O)NCc5ccccc5N)[nH]4)cc3)cc2)[nH]1)C(C)C. The van der Waals surface area contributed by atoms with Gasteiger partial charge < -0.3 is 36.0 Å². The van der Waals surface area contributed by atoms with E-state index in [1.807, 2.05) is 55.4 Å². The Kier molecular flexibility index (Phi) is 10.4. The highest BCUT2D eigenvalue weighted by Crippen LogP contribution is 2.56. The molecule has 3 aromatic carbocycles. The van der Waals surface area contributed by atoms with Crippen molar-refractivity contribution in [2.24, 2.45) is 23.7 Å². The van der Waals surface area contributed by atoms with Crippen LogP contribution in [-0.2, 0) is 20.9 Å². The van der Waals surface area contributed by atoms with E-state index in [9.17, 15) is 14.4 Å². The maximum atomic E-state index is 13.6. The number of benzene rings is 3. The molecule has 3 amide bonds. The van der Waals surface area contributed by atoms with Crippen molar-refractivity contribution in [3.8, 4) is 33.6 Å². The molecule has 56 heavy (non-hydrogen) atoms. The van der Waals surface area contributed by atoms with Gasteiger partial charge in [-0.3, -0.25) is 9.59 Å². The Bertz CT molecular complexity index is 2190. The Morgan fingerprint density at radius 3 is 2.09 bits per heavy atom. The number of carbonyl (C=O) groups excluding carboxylic acids is 3. The van der Waals surface area contributed by atoms with Gasteiger partial charge in [0.05, 0.1) is 42.9 Å². The molecule has 0 spiro atoms. The number of amides is 3. The highest BCUT2D eigenvalue weighted by molar-refractivity contribution is 5.86. The van der Waals surface area contributed by atoms with Gasteiger partial charge in [-0.05, 0) is 83.7 Å². The summed E-state index contributed by atoms with van der Waals surface area (Å²) in [6.07, 6.45) is 8.03. The van der Waals surface area contributed by atoms with Gasteiger partial charge in [-0.15, -0.1) is 0 Å². The fraction of sp³-hybridized carbons (Fsp3) is 0.386. The number of nitrogens with two attached hydrogens (primary N) is 1. The lowest BCUT2D eigenvalue weighted by Crippen LogP contribution is -2.51. The van der Waals surface area contributed by atoms with Gasteiger partial charge in [0.2, 0.25) is 11.8 Å². The second-order valence-corrected chi connectivity index (χ2v) is 15.9. The number of hydrogen-bond acceptors (Lipinski definition) is 7. The molecule has 12 nitrogen and oxygen atoms in total. The molecule has 6 atom stereocenters. The van der Waals surface area contributed by atoms with Crippen molar-refractivity contribution in [1.82, 2.24) is 35.5 Å². The summed E-state index contributed by atoms with van der Waals surface area (Å²) in [5, 5.41) is 5.88. The topological polar surface area (TPSA) is 171 Å². The molecule has 3 heterocycles. The van der Waals surface area contributed by atoms with Crippen molar-refractivity contribution >= 4 is 23.6 Å². The summed E-state index contributed by atoms with van der Waals surface area (Å²) in [4.78, 5) is 57.5. The Hall–Kier alpha value is -5.91. The molecule has 1 saturated heterocycles. The van der Waals surface area contributed by atoms with Crippen LogP contribution in [0.5, 0.6) is 0 Å². The number of fused-ring (bicyclic) bond motifs is 2. The lowest BCUT2D eigenvalue weighted by atomic mass is 9.78. The molecule has 2 aromatic heterocycles. The molecule has 6 N–H and O–H groups in total. The molecule has 290 valence electrons. The van der Waals surface area contributed by atoms with Gasteiger partial charge in [0.25, 0.3) is 0 Å². The summed E-state index contributed by atoms with van der Waals surface area (Å²) >= 11 is 0. The zero-order valence-electron chi connectivity index (χ0n) is 32.1. The first-order chi connectivity index (χ1) is 27.2. The molecule has 2 bridgehead atoms. The Morgan fingerprint density at radius 1 is 0.839 bits per heavy atom. The Labute approximate surface area is 327 Å². The molecule has 12 heteroatoms. The highest BCUT2D eigenvalue weighted by Gasteiger charge is 2.52. The fourth-order valence-corrected chi connectivity index (χ4v) is 9.24. The normalized spacial score (nSPS) is 22.0. The predicted molar refractivity (Wildman–Crippen MR) is 215 cm³/mol. The largest absolute Gasteiger partial charge is 0.453 e. The number of nitrogens with one attached hydrogen (secondary N) is 4. The summed E-state index contributed by atoms with van der Waals surface area (Å²) in [7, 11) is 1.30. The van der Waals surface area contributed by atoms with Crippen LogP contribution in [0.4, 0.5) is 10.5 Å². The summed E-state index contributed by atoms with van der Waals surface area (Å²) < 4.78 is 4.76. The number of para-hydroxylation sites is 1. The molecule has 2 aliphatic carbocycles. The molecule has 5 aromatic rings. The number of aromatic amines is 2. The number of rotatable bonds is 11. The minimum atomic E-state index is -0.678. The molecule has 3 fully saturated rings. The molecule has 1 aliphatic heterocycles. The third-order valence-electron chi connectivity index (χ3n) is 12.2. The van der Waals surface area contributed by atoms with Crippen LogP contribution < -0.4 is 16.4 Å². The van der Waals surface area contributed by atoms with Crippen molar-refractivity contribution in [2.75, 3.05) is 19.4 Å². The maximum absolute atomic E-state index is 13.6. The number of likely N-dealkylation sites (tertiary alicyclic amines) is 1. The van der Waals surface area contributed by atoms with E-state index < -0.39 is 12.1 Å². The number of anilines is 1. The number of nitrogens with zero attached hydrogens (tertiary/aromatic N) is 3. The minimum Gasteiger partial charge on any atom is -0.453 e. The number of hydrogen-bond donors (Lipinski definition) is 5. The van der Waals surface area contributed by atoms with Crippen molar-refractivity contribution in [1.29, 1.82) is 0 Å². The maximum Gasteiger partial charge on any atom is 0.407 e. The number of alkyl carbamates (subject to hydrolysis) is 1. The van der Waals surface area contributed by atoms with Gasteiger partial charge in [0.15, 0.2) is 0 Å². The van der Waals surface area contributed by atoms with Crippen molar-refractivity contribution in [3.63, 3.8) is 0 Å². The molecule has 4 unspecified atom stereocenters. The number of imidazole rings is 2. The summed E-state index contributed by atoms with van der Waals surface area (Å²) in [5.41, 5.74) is 13.8. The second-order valence-electron chi connectivity index (χ2n) is 15.9. The summed E-state index contributed by atoms with van der Waals surface area (Å²) in [5.74, 6) is 2.30. The van der Waals surface area contributed by atoms with Gasteiger partial charge in [0, 0.05) is 24.7 Å². The van der Waals surface area contributed by atoms with E-state index in [4.69, 9.17) is 15.5 Å². The van der Waals surface area contributed by atoms with Crippen LogP contribution >= 0.6 is 0 Å². The zero-order chi connectivity index (χ0) is 38.9. The molecular weight excluding hydrogens is 705 g/mol. The summed E-state index contributed by atoms with van der Waals surface area (Å²) in [6.45, 7) is 4.85. The number of H-pyrrole nitrogens is 2. The van der Waals surface area contributed by atoms with Gasteiger partial charge >= 0.3 is 6.09 Å². The first kappa shape index (κ1) is 37.0. The zero-order valence-corrected chi connectivity index (χ0v) is 32.1. The Balaban J connectivity index is 0.918. The monoisotopic (exact) mass is 754 g/mol. The van der Waals surface area contributed by atoms with Crippen LogP contribution in [-0.4, -0.2) is 62.4 Å². The molecule has 0 radical (unpaired) electrons. The van der Waals surface area contributed by atoms with E-state index in [1.165, 1.54) is 7.11 Å². The van der Waals surface area contributed by atoms with E-state index in [0.717, 1.165) is 83.0 Å². The third-order valence-corrected chi connectivity index (χ3v) is 12.2. The van der Waals surface area contributed by atoms with Crippen molar-refractivity contribution in [2.45, 2.75) is 70.5 Å². The smallest absolute Gasteiger partial charge is 0.407 e. The van der Waals surface area contributed by atoms with Crippen LogP contribution in [0.25, 0.3) is 33.6 Å². The van der Waals surface area contributed by atoms with Crippen molar-refractivity contribution < 1.29 is 19.1 Å². The van der Waals surface area contributed by atoms with Gasteiger partial charge in [-0.2, -0.15) is 0 Å². The van der Waals surface area contributed by atoms with Crippen LogP contribution in [0.3, 0.4) is 0 Å². The first-order valence-electron chi connectivity index (χ1n) is 19.8. The molecule has 2 saturated carbocycles. The van der Waals surface area contributed by atoms with E-state index >= 15 is 0 Å². The number of carbonyl (C=O) groups is 3. The number of nitrogen functional groups attached to an aromatic ring is 1. The van der Waals surface area contributed by atoms with Crippen molar-refractivity contribution in [3.05, 3.63) is 102 Å². The lowest BCUT2D eigenvalue weighted by Gasteiger charge is -2.30. The highest BCUT2D eigenvalue weighted by atomic mass is 16.5. The lowest BCUT2D eigenvalue weighted by molar-refractivity contribution is -0.135. The van der Waals surface area contributed by atoms with E-state index in [2.05, 4.69) is 74.1 Å². The minimum absolute atomic E-state index is 0.0755. The Morgan fingerprint density at radius 2 is 1.45 bits per heavy atom. The molecule has 8 rings (SSSR count). The second kappa shape index (κ2) is 15.7. The molecule has 3 aliphatic rings. The standard InChI is InChI=1S/C44H50N8O4/c1-25(2)39(51-44(55)56-3)43(54)52-20-6-9-36(52)40-46-23-34(49-40)28-14-10-26(11-15-28)27-12-16-29(17-13-27)35-24-47-41(50-35)37-30-18-19-31(21-30)38(37)42(53)48-22-32-7-4-5-8-33(32)45/h4-5,7-8,10-17,23-25,30-31,36-39H,6,9,18-22,45H2,1-3H3,(H,46,49)(H,47,50)(H,48,53)(H,51,55)/t30?,31?,36-,37?,38?,39-/m0/s1. The first-order valence-corrected chi connectivity index (χ1v) is 19.8. The third kappa shape index (κ3) is 7.27. The fourth-order valence-electron chi connectivity index (χ4n) is 9.24. The van der Waals surface area contributed by atoms with Crippen LogP contribution in [0, 0.1) is 23.7 Å². The average Bonchev–Trinajstić information content (AvgIpc) is 4.08. The van der Waals surface area contributed by atoms with E-state index in [0.29, 0.717) is 30.6 Å². The van der Waals surface area contributed by atoms with Crippen LogP contribution in [0.1, 0.15) is 75.1 Å². The predicted octanol–water partition coefficient (Wildman–Crippen LogP) is 7.21. The van der Waals surface area contributed by atoms with Gasteiger partial charge in [-0.25, -0.2) is 14.8 Å². The van der Waals surface area contributed by atoms with Crippen LogP contribution in [0.15, 0.2) is 85.2 Å². The van der Waals surface area contributed by atoms with E-state index in [-0.39, 0.29) is 35.6 Å².